The highest BCUT2D eigenvalue weighted by atomic mass is 16.5. The van der Waals surface area contributed by atoms with E-state index in [1.54, 1.807) is 18.1 Å². The largest absolute Gasteiger partial charge is 0.494 e. The Hall–Kier alpha value is -3.74. The van der Waals surface area contributed by atoms with E-state index in [1.165, 1.54) is 0 Å². The summed E-state index contributed by atoms with van der Waals surface area (Å²) in [5, 5.41) is 8.53. The third-order valence-corrected chi connectivity index (χ3v) is 5.79. The molecule has 0 bridgehead atoms. The van der Waals surface area contributed by atoms with E-state index in [1.807, 2.05) is 55.7 Å². The molecule has 0 unspecified atom stereocenters. The van der Waals surface area contributed by atoms with Crippen LogP contribution in [0.5, 0.6) is 5.75 Å². The van der Waals surface area contributed by atoms with Gasteiger partial charge in [-0.2, -0.15) is 5.10 Å². The average molecular weight is 413 g/mol. The SMILES string of the molecule is COc1cc2ncnc(-c3cn(C)nc3-c3ccccc3)c2cc1NC(=O)[C@@H]1C[C@@H]1C. The molecule has 7 heteroatoms. The van der Waals surface area contributed by atoms with E-state index in [0.29, 0.717) is 17.4 Å². The van der Waals surface area contributed by atoms with Crippen molar-refractivity contribution in [2.75, 3.05) is 12.4 Å². The van der Waals surface area contributed by atoms with Crippen molar-refractivity contribution in [2.45, 2.75) is 13.3 Å². The van der Waals surface area contributed by atoms with Crippen LogP contribution in [0.1, 0.15) is 13.3 Å². The highest BCUT2D eigenvalue weighted by Crippen LogP contribution is 2.41. The van der Waals surface area contributed by atoms with Gasteiger partial charge in [-0.1, -0.05) is 37.3 Å². The van der Waals surface area contributed by atoms with E-state index in [9.17, 15) is 4.79 Å². The Morgan fingerprint density at radius 3 is 2.65 bits per heavy atom. The molecular formula is C24H23N5O2. The Kier molecular flexibility index (Phi) is 4.66. The van der Waals surface area contributed by atoms with Gasteiger partial charge in [0.2, 0.25) is 5.91 Å². The third kappa shape index (κ3) is 3.52. The molecule has 7 nitrogen and oxygen atoms in total. The zero-order chi connectivity index (χ0) is 21.5. The van der Waals surface area contributed by atoms with Gasteiger partial charge >= 0.3 is 0 Å². The smallest absolute Gasteiger partial charge is 0.227 e. The number of amides is 1. The van der Waals surface area contributed by atoms with Crippen molar-refractivity contribution in [2.24, 2.45) is 18.9 Å². The molecule has 156 valence electrons. The van der Waals surface area contributed by atoms with E-state index in [4.69, 9.17) is 4.74 Å². The third-order valence-electron chi connectivity index (χ3n) is 5.79. The molecule has 0 spiro atoms. The lowest BCUT2D eigenvalue weighted by atomic mass is 10.0. The van der Waals surface area contributed by atoms with Gasteiger partial charge < -0.3 is 10.1 Å². The van der Waals surface area contributed by atoms with Crippen molar-refractivity contribution in [1.82, 2.24) is 19.7 Å². The van der Waals surface area contributed by atoms with Gasteiger partial charge in [0.25, 0.3) is 0 Å². The molecule has 2 aromatic carbocycles. The molecule has 1 saturated carbocycles. The first-order chi connectivity index (χ1) is 15.0. The lowest BCUT2D eigenvalue weighted by Gasteiger charge is -2.13. The number of nitrogens with one attached hydrogen (secondary N) is 1. The van der Waals surface area contributed by atoms with Crippen LogP contribution < -0.4 is 10.1 Å². The van der Waals surface area contributed by atoms with E-state index in [-0.39, 0.29) is 11.8 Å². The fourth-order valence-electron chi connectivity index (χ4n) is 3.95. The number of anilines is 1. The van der Waals surface area contributed by atoms with Gasteiger partial charge in [0, 0.05) is 41.7 Å². The van der Waals surface area contributed by atoms with Crippen molar-refractivity contribution in [3.05, 3.63) is 55.0 Å². The first-order valence-corrected chi connectivity index (χ1v) is 10.3. The number of carbonyl (C=O) groups excluding carboxylic acids is 1. The van der Waals surface area contributed by atoms with Gasteiger partial charge in [-0.05, 0) is 18.4 Å². The van der Waals surface area contributed by atoms with Gasteiger partial charge in [0.15, 0.2) is 0 Å². The van der Waals surface area contributed by atoms with Crippen LogP contribution in [0.2, 0.25) is 0 Å². The molecule has 5 rings (SSSR count). The molecule has 2 heterocycles. The maximum Gasteiger partial charge on any atom is 0.227 e. The number of rotatable bonds is 5. The summed E-state index contributed by atoms with van der Waals surface area (Å²) in [4.78, 5) is 21.6. The van der Waals surface area contributed by atoms with Crippen LogP contribution in [0.15, 0.2) is 55.0 Å². The number of aryl methyl sites for hydroxylation is 1. The van der Waals surface area contributed by atoms with Crippen LogP contribution in [-0.4, -0.2) is 32.8 Å². The van der Waals surface area contributed by atoms with E-state index >= 15 is 0 Å². The number of hydrogen-bond donors (Lipinski definition) is 1. The van der Waals surface area contributed by atoms with Gasteiger partial charge in [0.1, 0.15) is 17.8 Å². The Labute approximate surface area is 180 Å². The normalized spacial score (nSPS) is 17.5. The molecule has 4 aromatic rings. The minimum absolute atomic E-state index is 0.0231. The molecule has 1 fully saturated rings. The predicted octanol–water partition coefficient (Wildman–Crippen LogP) is 4.30. The number of nitrogens with zero attached hydrogens (tertiary/aromatic N) is 4. The van der Waals surface area contributed by atoms with Gasteiger partial charge in [0.05, 0.1) is 24.0 Å². The van der Waals surface area contributed by atoms with Crippen LogP contribution in [0.4, 0.5) is 5.69 Å². The summed E-state index contributed by atoms with van der Waals surface area (Å²) in [5.74, 6) is 1.09. The van der Waals surface area contributed by atoms with Crippen LogP contribution in [0.25, 0.3) is 33.4 Å². The summed E-state index contributed by atoms with van der Waals surface area (Å²) >= 11 is 0. The Morgan fingerprint density at radius 2 is 1.94 bits per heavy atom. The molecule has 1 amide bonds. The Bertz CT molecular complexity index is 1280. The highest BCUT2D eigenvalue weighted by Gasteiger charge is 2.39. The van der Waals surface area contributed by atoms with Crippen molar-refractivity contribution < 1.29 is 9.53 Å². The molecule has 1 aliphatic carbocycles. The summed E-state index contributed by atoms with van der Waals surface area (Å²) in [6.07, 6.45) is 4.42. The predicted molar refractivity (Wildman–Crippen MR) is 120 cm³/mol. The second kappa shape index (κ2) is 7.50. The van der Waals surface area contributed by atoms with Gasteiger partial charge in [-0.3, -0.25) is 9.48 Å². The Balaban J connectivity index is 1.65. The van der Waals surface area contributed by atoms with Crippen molar-refractivity contribution >= 4 is 22.5 Å². The maximum absolute atomic E-state index is 12.6. The van der Waals surface area contributed by atoms with E-state index < -0.39 is 0 Å². The van der Waals surface area contributed by atoms with E-state index in [0.717, 1.165) is 39.8 Å². The number of carbonyl (C=O) groups is 1. The summed E-state index contributed by atoms with van der Waals surface area (Å²) in [6.45, 7) is 2.08. The lowest BCUT2D eigenvalue weighted by Crippen LogP contribution is -2.15. The summed E-state index contributed by atoms with van der Waals surface area (Å²) in [7, 11) is 3.48. The second-order valence-corrected chi connectivity index (χ2v) is 8.03. The summed E-state index contributed by atoms with van der Waals surface area (Å²) in [6, 6.07) is 13.8. The standard InChI is InChI=1S/C24H23N5O2/c1-14-9-16(14)24(30)27-20-10-17-19(11-21(20)31-3)25-13-26-23(17)18-12-29(2)28-22(18)15-7-5-4-6-8-15/h4-8,10-14,16H,9H2,1-3H3,(H,27,30)/t14-,16+/m0/s1. The number of benzene rings is 2. The minimum atomic E-state index is 0.0231. The summed E-state index contributed by atoms with van der Waals surface area (Å²) < 4.78 is 7.32. The minimum Gasteiger partial charge on any atom is -0.494 e. The molecule has 1 N–H and O–H groups in total. The number of ether oxygens (including phenoxy) is 1. The number of hydrogen-bond acceptors (Lipinski definition) is 5. The highest BCUT2D eigenvalue weighted by molar-refractivity contribution is 6.02. The van der Waals surface area contributed by atoms with Crippen LogP contribution in [0.3, 0.4) is 0 Å². The number of methoxy groups -OCH3 is 1. The first kappa shape index (κ1) is 19.2. The summed E-state index contributed by atoms with van der Waals surface area (Å²) in [5.41, 5.74) is 4.88. The maximum atomic E-state index is 12.6. The molecule has 0 aliphatic heterocycles. The quantitative estimate of drug-likeness (QED) is 0.527. The molecular weight excluding hydrogens is 390 g/mol. The fraction of sp³-hybridized carbons (Fsp3) is 0.250. The zero-order valence-electron chi connectivity index (χ0n) is 17.7. The topological polar surface area (TPSA) is 81.9 Å². The first-order valence-electron chi connectivity index (χ1n) is 10.3. The Morgan fingerprint density at radius 1 is 1.16 bits per heavy atom. The van der Waals surface area contributed by atoms with E-state index in [2.05, 4.69) is 27.3 Å². The molecule has 1 aliphatic rings. The van der Waals surface area contributed by atoms with Crippen LogP contribution in [-0.2, 0) is 11.8 Å². The molecule has 0 saturated heterocycles. The lowest BCUT2D eigenvalue weighted by molar-refractivity contribution is -0.117. The molecule has 2 atom stereocenters. The van der Waals surface area contributed by atoms with Gasteiger partial charge in [-0.15, -0.1) is 0 Å². The number of fused-ring (bicyclic) bond motifs is 1. The van der Waals surface area contributed by atoms with Crippen LogP contribution >= 0.6 is 0 Å². The number of aromatic nitrogens is 4. The van der Waals surface area contributed by atoms with Gasteiger partial charge in [-0.25, -0.2) is 9.97 Å². The van der Waals surface area contributed by atoms with Crippen LogP contribution in [0, 0.1) is 11.8 Å². The fourth-order valence-corrected chi connectivity index (χ4v) is 3.95. The second-order valence-electron chi connectivity index (χ2n) is 8.03. The molecule has 31 heavy (non-hydrogen) atoms. The van der Waals surface area contributed by atoms with Crippen molar-refractivity contribution in [3.8, 4) is 28.3 Å². The molecule has 2 aromatic heterocycles. The molecule has 0 radical (unpaired) electrons. The monoisotopic (exact) mass is 413 g/mol. The van der Waals surface area contributed by atoms with Crippen molar-refractivity contribution in [1.29, 1.82) is 0 Å². The van der Waals surface area contributed by atoms with Crippen molar-refractivity contribution in [3.63, 3.8) is 0 Å². The average Bonchev–Trinajstić information content (AvgIpc) is 3.40. The zero-order valence-corrected chi connectivity index (χ0v) is 17.7.